The van der Waals surface area contributed by atoms with Gasteiger partial charge in [-0.25, -0.2) is 9.78 Å². The van der Waals surface area contributed by atoms with Crippen LogP contribution >= 0.6 is 0 Å². The third-order valence-electron chi connectivity index (χ3n) is 6.52. The molecule has 0 bridgehead atoms. The molecule has 1 aromatic heterocycles. The summed E-state index contributed by atoms with van der Waals surface area (Å²) in [4.78, 5) is 21.5. The molecule has 0 atom stereocenters. The second kappa shape index (κ2) is 10.3. The number of urea groups is 1. The fourth-order valence-corrected chi connectivity index (χ4v) is 4.38. The molecule has 1 aromatic rings. The molecule has 160 valence electrons. The van der Waals surface area contributed by atoms with E-state index in [0.717, 1.165) is 49.9 Å². The molecular weight excluding hydrogens is 364 g/mol. The van der Waals surface area contributed by atoms with E-state index in [2.05, 4.69) is 15.2 Å². The van der Waals surface area contributed by atoms with E-state index < -0.39 is 0 Å². The van der Waals surface area contributed by atoms with Crippen molar-refractivity contribution in [1.29, 1.82) is 0 Å². The number of ether oxygens (including phenoxy) is 1. The number of piperidine rings is 1. The van der Waals surface area contributed by atoms with Crippen LogP contribution < -0.4 is 10.1 Å². The summed E-state index contributed by atoms with van der Waals surface area (Å²) in [5.74, 6) is 2.15. The largest absolute Gasteiger partial charge is 0.477 e. The maximum absolute atomic E-state index is 12.5. The van der Waals surface area contributed by atoms with Crippen LogP contribution in [0.3, 0.4) is 0 Å². The molecule has 4 rings (SSSR count). The summed E-state index contributed by atoms with van der Waals surface area (Å²) in [6.45, 7) is 6.78. The monoisotopic (exact) mass is 400 g/mol. The zero-order chi connectivity index (χ0) is 19.9. The second-order valence-electron chi connectivity index (χ2n) is 9.06. The quantitative estimate of drug-likeness (QED) is 0.759. The fraction of sp³-hybridized carbons (Fsp3) is 0.739. The van der Waals surface area contributed by atoms with Gasteiger partial charge in [0, 0.05) is 38.4 Å². The summed E-state index contributed by atoms with van der Waals surface area (Å²) in [6, 6.07) is 3.94. The van der Waals surface area contributed by atoms with Crippen LogP contribution in [0.25, 0.3) is 0 Å². The van der Waals surface area contributed by atoms with Crippen molar-refractivity contribution in [3.8, 4) is 5.88 Å². The van der Waals surface area contributed by atoms with Crippen molar-refractivity contribution in [3.63, 3.8) is 0 Å². The third-order valence-corrected chi connectivity index (χ3v) is 6.52. The number of hydrogen-bond acceptors (Lipinski definition) is 4. The van der Waals surface area contributed by atoms with Crippen LogP contribution in [0.15, 0.2) is 18.3 Å². The van der Waals surface area contributed by atoms with Crippen LogP contribution in [0, 0.1) is 11.8 Å². The molecule has 2 amide bonds. The SMILES string of the molecule is O=C(NCc1ccc(OCC2CC2)nc1)N1CCC(CN2CCCCCC2)CC1. The molecule has 3 aliphatic rings. The number of pyridine rings is 1. The van der Waals surface area contributed by atoms with Gasteiger partial charge in [0.05, 0.1) is 6.61 Å². The number of carbonyl (C=O) groups excluding carboxylic acids is 1. The summed E-state index contributed by atoms with van der Waals surface area (Å²) < 4.78 is 5.67. The zero-order valence-electron chi connectivity index (χ0n) is 17.7. The first kappa shape index (κ1) is 20.5. The fourth-order valence-electron chi connectivity index (χ4n) is 4.38. The van der Waals surface area contributed by atoms with Crippen LogP contribution in [-0.2, 0) is 6.54 Å². The summed E-state index contributed by atoms with van der Waals surface area (Å²) in [6.07, 6.45) is 12.1. The highest BCUT2D eigenvalue weighted by molar-refractivity contribution is 5.74. The molecule has 6 nitrogen and oxygen atoms in total. The van der Waals surface area contributed by atoms with Crippen LogP contribution in [0.5, 0.6) is 5.88 Å². The van der Waals surface area contributed by atoms with Gasteiger partial charge in [-0.15, -0.1) is 0 Å². The van der Waals surface area contributed by atoms with E-state index in [1.807, 2.05) is 17.0 Å². The maximum Gasteiger partial charge on any atom is 0.317 e. The molecule has 1 aliphatic carbocycles. The van der Waals surface area contributed by atoms with E-state index in [1.54, 1.807) is 6.20 Å². The Bertz CT molecular complexity index is 631. The number of amides is 2. The van der Waals surface area contributed by atoms with E-state index in [0.29, 0.717) is 12.4 Å². The van der Waals surface area contributed by atoms with Crippen molar-refractivity contribution < 1.29 is 9.53 Å². The van der Waals surface area contributed by atoms with Gasteiger partial charge >= 0.3 is 6.03 Å². The number of hydrogen-bond donors (Lipinski definition) is 1. The molecule has 6 heteroatoms. The molecule has 1 saturated carbocycles. The number of likely N-dealkylation sites (tertiary alicyclic amines) is 2. The van der Waals surface area contributed by atoms with Gasteiger partial charge in [0.2, 0.25) is 5.88 Å². The van der Waals surface area contributed by atoms with Gasteiger partial charge in [0.15, 0.2) is 0 Å². The van der Waals surface area contributed by atoms with Crippen molar-refractivity contribution in [1.82, 2.24) is 20.1 Å². The molecule has 1 N–H and O–H groups in total. The molecule has 0 spiro atoms. The van der Waals surface area contributed by atoms with Crippen LogP contribution in [0.2, 0.25) is 0 Å². The van der Waals surface area contributed by atoms with Gasteiger partial charge in [0.1, 0.15) is 0 Å². The van der Waals surface area contributed by atoms with E-state index >= 15 is 0 Å². The van der Waals surface area contributed by atoms with E-state index in [-0.39, 0.29) is 6.03 Å². The first-order chi connectivity index (χ1) is 14.3. The lowest BCUT2D eigenvalue weighted by Crippen LogP contribution is -2.45. The molecule has 3 fully saturated rings. The molecule has 0 radical (unpaired) electrons. The van der Waals surface area contributed by atoms with Crippen molar-refractivity contribution in [2.45, 2.75) is 57.9 Å². The minimum Gasteiger partial charge on any atom is -0.477 e. The number of aromatic nitrogens is 1. The number of nitrogens with zero attached hydrogens (tertiary/aromatic N) is 3. The normalized spacial score (nSPS) is 21.6. The summed E-state index contributed by atoms with van der Waals surface area (Å²) in [7, 11) is 0. The second-order valence-corrected chi connectivity index (χ2v) is 9.06. The van der Waals surface area contributed by atoms with Gasteiger partial charge in [-0.3, -0.25) is 0 Å². The average molecular weight is 401 g/mol. The van der Waals surface area contributed by atoms with E-state index in [4.69, 9.17) is 4.74 Å². The number of rotatable bonds is 7. The highest BCUT2D eigenvalue weighted by atomic mass is 16.5. The highest BCUT2D eigenvalue weighted by Crippen LogP contribution is 2.29. The molecular formula is C23H36N4O2. The van der Waals surface area contributed by atoms with Crippen molar-refractivity contribution in [2.75, 3.05) is 39.3 Å². The molecule has 2 saturated heterocycles. The Morgan fingerprint density at radius 1 is 1.00 bits per heavy atom. The lowest BCUT2D eigenvalue weighted by atomic mass is 9.96. The van der Waals surface area contributed by atoms with Gasteiger partial charge < -0.3 is 19.9 Å². The van der Waals surface area contributed by atoms with Crippen LogP contribution in [0.4, 0.5) is 4.79 Å². The minimum atomic E-state index is 0.0484. The average Bonchev–Trinajstić information content (AvgIpc) is 3.60. The predicted octanol–water partition coefficient (Wildman–Crippen LogP) is 3.67. The number of nitrogens with one attached hydrogen (secondary N) is 1. The smallest absolute Gasteiger partial charge is 0.317 e. The topological polar surface area (TPSA) is 57.7 Å². The van der Waals surface area contributed by atoms with Crippen LogP contribution in [-0.4, -0.2) is 60.1 Å². The lowest BCUT2D eigenvalue weighted by molar-refractivity contribution is 0.147. The first-order valence-electron chi connectivity index (χ1n) is 11.6. The Balaban J connectivity index is 1.14. The maximum atomic E-state index is 12.5. The summed E-state index contributed by atoms with van der Waals surface area (Å²) in [5.41, 5.74) is 1.01. The summed E-state index contributed by atoms with van der Waals surface area (Å²) >= 11 is 0. The molecule has 3 heterocycles. The standard InChI is InChI=1S/C23H36N4O2/c28-23(25-16-21-7-8-22(24-15-21)29-18-20-5-6-20)27-13-9-19(10-14-27)17-26-11-3-1-2-4-12-26/h7-8,15,19-20H,1-6,9-14,16-18H2,(H,25,28). The van der Waals surface area contributed by atoms with Gasteiger partial charge in [-0.1, -0.05) is 18.9 Å². The number of carbonyl (C=O) groups is 1. The zero-order valence-corrected chi connectivity index (χ0v) is 17.7. The highest BCUT2D eigenvalue weighted by Gasteiger charge is 2.24. The Labute approximate surface area is 175 Å². The minimum absolute atomic E-state index is 0.0484. The lowest BCUT2D eigenvalue weighted by Gasteiger charge is -2.34. The summed E-state index contributed by atoms with van der Waals surface area (Å²) in [5, 5.41) is 3.05. The third kappa shape index (κ3) is 6.59. The molecule has 0 aromatic carbocycles. The van der Waals surface area contributed by atoms with E-state index in [1.165, 1.54) is 58.2 Å². The van der Waals surface area contributed by atoms with Crippen molar-refractivity contribution >= 4 is 6.03 Å². The first-order valence-corrected chi connectivity index (χ1v) is 11.6. The Morgan fingerprint density at radius 2 is 1.76 bits per heavy atom. The van der Waals surface area contributed by atoms with Crippen LogP contribution in [0.1, 0.15) is 56.9 Å². The van der Waals surface area contributed by atoms with Crippen molar-refractivity contribution in [2.24, 2.45) is 11.8 Å². The molecule has 29 heavy (non-hydrogen) atoms. The Kier molecular flexibility index (Phi) is 7.25. The predicted molar refractivity (Wildman–Crippen MR) is 114 cm³/mol. The van der Waals surface area contributed by atoms with Gasteiger partial charge in [-0.05, 0) is 69.0 Å². The van der Waals surface area contributed by atoms with Gasteiger partial charge in [0.25, 0.3) is 0 Å². The Morgan fingerprint density at radius 3 is 2.41 bits per heavy atom. The Hall–Kier alpha value is -1.82. The van der Waals surface area contributed by atoms with E-state index in [9.17, 15) is 4.79 Å². The van der Waals surface area contributed by atoms with Gasteiger partial charge in [-0.2, -0.15) is 0 Å². The molecule has 0 unspecified atom stereocenters. The van der Waals surface area contributed by atoms with Crippen molar-refractivity contribution in [3.05, 3.63) is 23.9 Å². The molecule has 2 aliphatic heterocycles.